The second-order valence-electron chi connectivity index (χ2n) is 7.35. The molecule has 3 rings (SSSR count). The topological polar surface area (TPSA) is 75.7 Å². The molecule has 1 N–H and O–H groups in total. The van der Waals surface area contributed by atoms with Crippen molar-refractivity contribution in [2.45, 2.75) is 50.7 Å². The van der Waals surface area contributed by atoms with E-state index in [-0.39, 0.29) is 17.5 Å². The van der Waals surface area contributed by atoms with Gasteiger partial charge in [0.15, 0.2) is 6.61 Å². The normalized spacial score (nSPS) is 16.4. The number of nitrogens with zero attached hydrogens (tertiary/aromatic N) is 1. The molecule has 30 heavy (non-hydrogen) atoms. The molecule has 0 atom stereocenters. The van der Waals surface area contributed by atoms with Crippen molar-refractivity contribution >= 4 is 17.8 Å². The summed E-state index contributed by atoms with van der Waals surface area (Å²) in [7, 11) is 0. The molecule has 0 spiro atoms. The number of amides is 2. The Morgan fingerprint density at radius 1 is 1.10 bits per heavy atom. The minimum atomic E-state index is -4.49. The van der Waals surface area contributed by atoms with Gasteiger partial charge in [-0.2, -0.15) is 13.2 Å². The maximum Gasteiger partial charge on any atom is 0.416 e. The van der Waals surface area contributed by atoms with Crippen molar-refractivity contribution in [3.63, 3.8) is 0 Å². The molecule has 1 aromatic rings. The first-order chi connectivity index (χ1) is 14.3. The predicted molar refractivity (Wildman–Crippen MR) is 101 cm³/mol. The number of halogens is 3. The van der Waals surface area contributed by atoms with E-state index in [0.717, 1.165) is 68.5 Å². The van der Waals surface area contributed by atoms with E-state index in [4.69, 9.17) is 4.74 Å². The minimum absolute atomic E-state index is 0.0176. The van der Waals surface area contributed by atoms with Crippen LogP contribution in [0, 0.1) is 0 Å². The first-order valence-corrected chi connectivity index (χ1v) is 9.88. The molecule has 0 aromatic heterocycles. The molecule has 1 saturated carbocycles. The molecule has 0 aliphatic heterocycles. The molecular weight excluding hydrogens is 401 g/mol. The van der Waals surface area contributed by atoms with E-state index in [1.807, 2.05) is 0 Å². The number of ether oxygens (including phenoxy) is 1. The predicted octanol–water partition coefficient (Wildman–Crippen LogP) is 3.43. The standard InChI is InChI=1S/C21H23F3N2O4/c22-21(23,24)15-8-6-14(7-9-15)20(29)25-12-19(28)30-13-18(27)26(17-10-11-17)16-4-2-1-3-5-16/h4,6-9,17H,1-3,5,10-13H2,(H,25,29). The molecule has 9 heteroatoms. The second kappa shape index (κ2) is 9.32. The monoisotopic (exact) mass is 424 g/mol. The third-order valence-electron chi connectivity index (χ3n) is 4.98. The van der Waals surface area contributed by atoms with Gasteiger partial charge < -0.3 is 15.0 Å². The zero-order chi connectivity index (χ0) is 21.7. The van der Waals surface area contributed by atoms with Crippen LogP contribution in [0.1, 0.15) is 54.4 Å². The number of esters is 1. The Labute approximate surface area is 172 Å². The molecule has 0 bridgehead atoms. The van der Waals surface area contributed by atoms with Gasteiger partial charge in [-0.1, -0.05) is 6.08 Å². The molecule has 2 aliphatic carbocycles. The van der Waals surface area contributed by atoms with Crippen molar-refractivity contribution in [1.29, 1.82) is 0 Å². The molecule has 6 nitrogen and oxygen atoms in total. The summed E-state index contributed by atoms with van der Waals surface area (Å²) >= 11 is 0. The van der Waals surface area contributed by atoms with Crippen LogP contribution in [0.3, 0.4) is 0 Å². The Hall–Kier alpha value is -2.84. The fourth-order valence-corrected chi connectivity index (χ4v) is 3.30. The third kappa shape index (κ3) is 5.84. The van der Waals surface area contributed by atoms with Gasteiger partial charge in [-0.25, -0.2) is 0 Å². The number of carbonyl (C=O) groups is 3. The van der Waals surface area contributed by atoms with Crippen LogP contribution in [0.4, 0.5) is 13.2 Å². The van der Waals surface area contributed by atoms with E-state index < -0.39 is 36.8 Å². The maximum absolute atomic E-state index is 12.6. The van der Waals surface area contributed by atoms with E-state index in [1.54, 1.807) is 4.90 Å². The Morgan fingerprint density at radius 3 is 2.37 bits per heavy atom. The maximum atomic E-state index is 12.6. The summed E-state index contributed by atoms with van der Waals surface area (Å²) in [5, 5.41) is 2.28. The van der Waals surface area contributed by atoms with Gasteiger partial charge in [-0.3, -0.25) is 14.4 Å². The second-order valence-corrected chi connectivity index (χ2v) is 7.35. The highest BCUT2D eigenvalue weighted by atomic mass is 19.4. The van der Waals surface area contributed by atoms with Crippen LogP contribution in [0.15, 0.2) is 36.0 Å². The number of rotatable bonds is 7. The molecular formula is C21H23F3N2O4. The number of benzene rings is 1. The lowest BCUT2D eigenvalue weighted by Crippen LogP contribution is -2.38. The van der Waals surface area contributed by atoms with Crippen LogP contribution in [-0.4, -0.2) is 41.9 Å². The van der Waals surface area contributed by atoms with Gasteiger partial charge in [0, 0.05) is 17.3 Å². The van der Waals surface area contributed by atoms with Crippen molar-refractivity contribution in [3.8, 4) is 0 Å². The summed E-state index contributed by atoms with van der Waals surface area (Å²) < 4.78 is 42.7. The van der Waals surface area contributed by atoms with E-state index in [1.165, 1.54) is 0 Å². The molecule has 2 aliphatic rings. The minimum Gasteiger partial charge on any atom is -0.454 e. The van der Waals surface area contributed by atoms with Crippen LogP contribution in [0.5, 0.6) is 0 Å². The van der Waals surface area contributed by atoms with Gasteiger partial charge in [0.1, 0.15) is 6.54 Å². The Bertz CT molecular complexity index is 830. The van der Waals surface area contributed by atoms with Crippen molar-refractivity contribution in [2.24, 2.45) is 0 Å². The summed E-state index contributed by atoms with van der Waals surface area (Å²) in [4.78, 5) is 38.1. The highest BCUT2D eigenvalue weighted by Crippen LogP contribution is 2.33. The average Bonchev–Trinajstić information content (AvgIpc) is 3.56. The highest BCUT2D eigenvalue weighted by molar-refractivity contribution is 5.96. The van der Waals surface area contributed by atoms with Crippen LogP contribution in [0.2, 0.25) is 0 Å². The first kappa shape index (κ1) is 21.9. The molecule has 0 saturated heterocycles. The molecule has 162 valence electrons. The van der Waals surface area contributed by atoms with E-state index in [9.17, 15) is 27.6 Å². The van der Waals surface area contributed by atoms with E-state index in [0.29, 0.717) is 0 Å². The largest absolute Gasteiger partial charge is 0.454 e. The van der Waals surface area contributed by atoms with Crippen molar-refractivity contribution < 1.29 is 32.3 Å². The summed E-state index contributed by atoms with van der Waals surface area (Å²) in [6.07, 6.45) is 3.32. The number of hydrogen-bond acceptors (Lipinski definition) is 4. The fourth-order valence-electron chi connectivity index (χ4n) is 3.30. The lowest BCUT2D eigenvalue weighted by Gasteiger charge is -2.27. The van der Waals surface area contributed by atoms with Crippen LogP contribution in [-0.2, 0) is 20.5 Å². The SMILES string of the molecule is O=C(CNC(=O)c1ccc(C(F)(F)F)cc1)OCC(=O)N(C1=CCCCC1)C1CC1. The zero-order valence-corrected chi connectivity index (χ0v) is 16.3. The van der Waals surface area contributed by atoms with Crippen molar-refractivity contribution in [3.05, 3.63) is 47.2 Å². The summed E-state index contributed by atoms with van der Waals surface area (Å²) in [6, 6.07) is 3.80. The smallest absolute Gasteiger partial charge is 0.416 e. The summed E-state index contributed by atoms with van der Waals surface area (Å²) in [5.41, 5.74) is 0.0988. The average molecular weight is 424 g/mol. The summed E-state index contributed by atoms with van der Waals surface area (Å²) in [5.74, 6) is -1.79. The third-order valence-corrected chi connectivity index (χ3v) is 4.98. The number of carbonyl (C=O) groups excluding carboxylic acids is 3. The van der Waals surface area contributed by atoms with Gasteiger partial charge in [0.25, 0.3) is 11.8 Å². The van der Waals surface area contributed by atoms with Gasteiger partial charge in [-0.05, 0) is 62.8 Å². The van der Waals surface area contributed by atoms with Crippen molar-refractivity contribution in [1.82, 2.24) is 10.2 Å². The van der Waals surface area contributed by atoms with E-state index >= 15 is 0 Å². The van der Waals surface area contributed by atoms with Gasteiger partial charge in [-0.15, -0.1) is 0 Å². The number of nitrogens with one attached hydrogen (secondary N) is 1. The molecule has 2 amide bonds. The first-order valence-electron chi connectivity index (χ1n) is 9.88. The number of allylic oxidation sites excluding steroid dienone is 2. The van der Waals surface area contributed by atoms with Gasteiger partial charge in [0.05, 0.1) is 5.56 Å². The molecule has 0 unspecified atom stereocenters. The van der Waals surface area contributed by atoms with Crippen LogP contribution >= 0.6 is 0 Å². The lowest BCUT2D eigenvalue weighted by molar-refractivity contribution is -0.150. The van der Waals surface area contributed by atoms with Crippen LogP contribution in [0.25, 0.3) is 0 Å². The molecule has 1 fully saturated rings. The Morgan fingerprint density at radius 2 is 1.80 bits per heavy atom. The fraction of sp³-hybridized carbons (Fsp3) is 0.476. The van der Waals surface area contributed by atoms with Gasteiger partial charge in [0.2, 0.25) is 0 Å². The summed E-state index contributed by atoms with van der Waals surface area (Å²) in [6.45, 7) is -0.901. The number of alkyl halides is 3. The van der Waals surface area contributed by atoms with Gasteiger partial charge >= 0.3 is 12.1 Å². The zero-order valence-electron chi connectivity index (χ0n) is 16.3. The Balaban J connectivity index is 1.45. The molecule has 1 aromatic carbocycles. The van der Waals surface area contributed by atoms with Crippen molar-refractivity contribution in [2.75, 3.05) is 13.2 Å². The van der Waals surface area contributed by atoms with Crippen LogP contribution < -0.4 is 5.32 Å². The highest BCUT2D eigenvalue weighted by Gasteiger charge is 2.35. The molecule has 0 radical (unpaired) electrons. The molecule has 0 heterocycles. The quantitative estimate of drug-likeness (QED) is 0.681. The van der Waals surface area contributed by atoms with E-state index in [2.05, 4.69) is 11.4 Å². The Kier molecular flexibility index (Phi) is 6.79. The lowest BCUT2D eigenvalue weighted by atomic mass is 10.0. The number of hydrogen-bond donors (Lipinski definition) is 1.